The highest BCUT2D eigenvalue weighted by Gasteiger charge is 2.32. The molecule has 23 heavy (non-hydrogen) atoms. The van der Waals surface area contributed by atoms with Gasteiger partial charge in [-0.05, 0) is 38.0 Å². The number of anilines is 1. The molecule has 1 fully saturated rings. The lowest BCUT2D eigenvalue weighted by Gasteiger charge is -2.30. The van der Waals surface area contributed by atoms with E-state index in [0.29, 0.717) is 19.4 Å². The standard InChI is InChI=1S/C15H19F3N2O3/c1-2-23-13-6-5-10(15(16,17)18)8-12(13)19-14(22)20-7-3-4-11(21)9-20/h5-6,8,11,21H,2-4,7,9H2,1H3,(H,19,22). The number of nitrogens with one attached hydrogen (secondary N) is 1. The van der Waals surface area contributed by atoms with E-state index in [9.17, 15) is 23.1 Å². The van der Waals surface area contributed by atoms with Crippen LogP contribution < -0.4 is 10.1 Å². The SMILES string of the molecule is CCOc1ccc(C(F)(F)F)cc1NC(=O)N1CCCC(O)C1. The topological polar surface area (TPSA) is 61.8 Å². The van der Waals surface area contributed by atoms with Crippen LogP contribution in [0.25, 0.3) is 0 Å². The lowest BCUT2D eigenvalue weighted by molar-refractivity contribution is -0.137. The number of carbonyl (C=O) groups is 1. The first-order valence-electron chi connectivity index (χ1n) is 7.39. The summed E-state index contributed by atoms with van der Waals surface area (Å²) in [5, 5.41) is 12.0. The van der Waals surface area contributed by atoms with Crippen molar-refractivity contribution in [1.82, 2.24) is 4.90 Å². The highest BCUT2D eigenvalue weighted by Crippen LogP contribution is 2.35. The van der Waals surface area contributed by atoms with Crippen molar-refractivity contribution in [2.24, 2.45) is 0 Å². The van der Waals surface area contributed by atoms with Gasteiger partial charge in [-0.1, -0.05) is 0 Å². The smallest absolute Gasteiger partial charge is 0.416 e. The van der Waals surface area contributed by atoms with Crippen molar-refractivity contribution in [3.8, 4) is 5.75 Å². The number of alkyl halides is 3. The van der Waals surface area contributed by atoms with E-state index in [1.807, 2.05) is 0 Å². The minimum absolute atomic E-state index is 0.0354. The predicted molar refractivity (Wildman–Crippen MR) is 78.4 cm³/mol. The maximum absolute atomic E-state index is 12.8. The van der Waals surface area contributed by atoms with Gasteiger partial charge in [0, 0.05) is 13.1 Å². The zero-order valence-corrected chi connectivity index (χ0v) is 12.7. The van der Waals surface area contributed by atoms with Gasteiger partial charge in [0.15, 0.2) is 0 Å². The minimum atomic E-state index is -4.51. The molecular weight excluding hydrogens is 313 g/mol. The number of hydrogen-bond donors (Lipinski definition) is 2. The maximum atomic E-state index is 12.8. The third-order valence-corrected chi connectivity index (χ3v) is 3.53. The highest BCUT2D eigenvalue weighted by atomic mass is 19.4. The maximum Gasteiger partial charge on any atom is 0.416 e. The fraction of sp³-hybridized carbons (Fsp3) is 0.533. The van der Waals surface area contributed by atoms with Gasteiger partial charge in [0.25, 0.3) is 0 Å². The minimum Gasteiger partial charge on any atom is -0.492 e. The zero-order valence-electron chi connectivity index (χ0n) is 12.7. The van der Waals surface area contributed by atoms with E-state index in [4.69, 9.17) is 4.74 Å². The summed E-state index contributed by atoms with van der Waals surface area (Å²) in [6, 6.07) is 2.39. The summed E-state index contributed by atoms with van der Waals surface area (Å²) in [5.41, 5.74) is -0.901. The van der Waals surface area contributed by atoms with Crippen LogP contribution in [0.2, 0.25) is 0 Å². The number of aliphatic hydroxyl groups is 1. The number of halogens is 3. The molecule has 1 unspecified atom stereocenters. The number of piperidine rings is 1. The van der Waals surface area contributed by atoms with Crippen molar-refractivity contribution < 1.29 is 27.8 Å². The van der Waals surface area contributed by atoms with Gasteiger partial charge < -0.3 is 20.1 Å². The largest absolute Gasteiger partial charge is 0.492 e. The Morgan fingerprint density at radius 2 is 2.22 bits per heavy atom. The zero-order chi connectivity index (χ0) is 17.0. The van der Waals surface area contributed by atoms with Gasteiger partial charge in [0.1, 0.15) is 5.75 Å². The summed E-state index contributed by atoms with van der Waals surface area (Å²) in [4.78, 5) is 13.6. The van der Waals surface area contributed by atoms with Crippen LogP contribution in [0.15, 0.2) is 18.2 Å². The van der Waals surface area contributed by atoms with Crippen molar-refractivity contribution in [3.63, 3.8) is 0 Å². The van der Waals surface area contributed by atoms with Crippen LogP contribution in [0.5, 0.6) is 5.75 Å². The number of urea groups is 1. The van der Waals surface area contributed by atoms with Crippen LogP contribution in [0, 0.1) is 0 Å². The van der Waals surface area contributed by atoms with E-state index in [-0.39, 0.29) is 24.6 Å². The van der Waals surface area contributed by atoms with Crippen molar-refractivity contribution >= 4 is 11.7 Å². The van der Waals surface area contributed by atoms with Crippen LogP contribution in [-0.4, -0.2) is 41.8 Å². The average Bonchev–Trinajstić information content (AvgIpc) is 2.48. The van der Waals surface area contributed by atoms with Gasteiger partial charge in [-0.25, -0.2) is 4.79 Å². The molecule has 0 aromatic heterocycles. The summed E-state index contributed by atoms with van der Waals surface area (Å²) < 4.78 is 43.8. The molecule has 2 rings (SSSR count). The average molecular weight is 332 g/mol. The first kappa shape index (κ1) is 17.4. The number of carbonyl (C=O) groups excluding carboxylic acids is 1. The molecule has 1 aliphatic heterocycles. The molecular formula is C15H19F3N2O3. The molecule has 128 valence electrons. The number of nitrogens with zero attached hydrogens (tertiary/aromatic N) is 1. The normalized spacial score (nSPS) is 18.7. The Morgan fingerprint density at radius 3 is 2.83 bits per heavy atom. The Bertz CT molecular complexity index is 563. The summed E-state index contributed by atoms with van der Waals surface area (Å²) in [7, 11) is 0. The van der Waals surface area contributed by atoms with Crippen molar-refractivity contribution in [2.45, 2.75) is 32.0 Å². The van der Waals surface area contributed by atoms with Gasteiger partial charge in [-0.3, -0.25) is 0 Å². The second-order valence-corrected chi connectivity index (χ2v) is 5.31. The fourth-order valence-corrected chi connectivity index (χ4v) is 2.42. The molecule has 1 aromatic rings. The van der Waals surface area contributed by atoms with Gasteiger partial charge in [-0.15, -0.1) is 0 Å². The van der Waals surface area contributed by atoms with Gasteiger partial charge in [0.2, 0.25) is 0 Å². The van der Waals surface area contributed by atoms with Crippen molar-refractivity contribution in [1.29, 1.82) is 0 Å². The molecule has 1 aliphatic rings. The van der Waals surface area contributed by atoms with Crippen LogP contribution in [0.1, 0.15) is 25.3 Å². The van der Waals surface area contributed by atoms with Crippen LogP contribution in [0.4, 0.5) is 23.7 Å². The molecule has 5 nitrogen and oxygen atoms in total. The first-order valence-corrected chi connectivity index (χ1v) is 7.39. The molecule has 0 aliphatic carbocycles. The summed E-state index contributed by atoms with van der Waals surface area (Å²) >= 11 is 0. The molecule has 8 heteroatoms. The Kier molecular flexibility index (Phi) is 5.35. The molecule has 1 heterocycles. The number of β-amino-alcohol motifs (C(OH)–C–C–N with tert-alkyl or cyclic N) is 1. The molecule has 2 amide bonds. The van der Waals surface area contributed by atoms with Crippen LogP contribution in [-0.2, 0) is 6.18 Å². The van der Waals surface area contributed by atoms with Gasteiger partial charge >= 0.3 is 12.2 Å². The second-order valence-electron chi connectivity index (χ2n) is 5.31. The number of hydrogen-bond acceptors (Lipinski definition) is 3. The molecule has 0 bridgehead atoms. The van der Waals surface area contributed by atoms with Crippen molar-refractivity contribution in [3.05, 3.63) is 23.8 Å². The van der Waals surface area contributed by atoms with Crippen LogP contribution >= 0.6 is 0 Å². The molecule has 0 spiro atoms. The number of ether oxygens (including phenoxy) is 1. The molecule has 2 N–H and O–H groups in total. The van der Waals surface area contributed by atoms with Crippen molar-refractivity contribution in [2.75, 3.05) is 25.0 Å². The molecule has 0 saturated carbocycles. The van der Waals surface area contributed by atoms with Gasteiger partial charge in [-0.2, -0.15) is 13.2 Å². The lowest BCUT2D eigenvalue weighted by atomic mass is 10.1. The fourth-order valence-electron chi connectivity index (χ4n) is 2.42. The third-order valence-electron chi connectivity index (χ3n) is 3.53. The first-order chi connectivity index (χ1) is 10.8. The highest BCUT2D eigenvalue weighted by molar-refractivity contribution is 5.91. The number of likely N-dealkylation sites (tertiary alicyclic amines) is 1. The van der Waals surface area contributed by atoms with E-state index in [1.165, 1.54) is 11.0 Å². The van der Waals surface area contributed by atoms with E-state index in [0.717, 1.165) is 12.1 Å². The van der Waals surface area contributed by atoms with Crippen LogP contribution in [0.3, 0.4) is 0 Å². The predicted octanol–water partition coefficient (Wildman–Crippen LogP) is 3.09. The van der Waals surface area contributed by atoms with E-state index in [2.05, 4.69) is 5.32 Å². The molecule has 1 atom stereocenters. The Labute approximate surface area is 132 Å². The second kappa shape index (κ2) is 7.08. The number of rotatable bonds is 3. The number of amides is 2. The Balaban J connectivity index is 2.20. The van der Waals surface area contributed by atoms with E-state index in [1.54, 1.807) is 6.92 Å². The van der Waals surface area contributed by atoms with E-state index < -0.39 is 23.9 Å². The Hall–Kier alpha value is -1.96. The van der Waals surface area contributed by atoms with Gasteiger partial charge in [0.05, 0.1) is 24.0 Å². The van der Waals surface area contributed by atoms with E-state index >= 15 is 0 Å². The quantitative estimate of drug-likeness (QED) is 0.894. The summed E-state index contributed by atoms with van der Waals surface area (Å²) in [6.07, 6.45) is -3.86. The summed E-state index contributed by atoms with van der Waals surface area (Å²) in [6.45, 7) is 2.57. The molecule has 1 saturated heterocycles. The number of aliphatic hydroxyl groups excluding tert-OH is 1. The number of benzene rings is 1. The molecule has 0 radical (unpaired) electrons. The monoisotopic (exact) mass is 332 g/mol. The summed E-state index contributed by atoms with van der Waals surface area (Å²) in [5.74, 6) is 0.173. The lowest BCUT2D eigenvalue weighted by Crippen LogP contribution is -2.44. The molecule has 1 aromatic carbocycles. The third kappa shape index (κ3) is 4.51. The Morgan fingerprint density at radius 1 is 1.48 bits per heavy atom.